The molecule has 0 saturated carbocycles. The Morgan fingerprint density at radius 2 is 1.02 bits per heavy atom. The average Bonchev–Trinajstić information content (AvgIpc) is 3.74. The molecule has 0 amide bonds. The van der Waals surface area contributed by atoms with Gasteiger partial charge in [-0.25, -0.2) is 0 Å². The van der Waals surface area contributed by atoms with Crippen LogP contribution in [0.3, 0.4) is 0 Å². The second kappa shape index (κ2) is 11.2. The number of rotatable bonds is 5. The number of benzene rings is 8. The number of furan rings is 1. The fourth-order valence-electron chi connectivity index (χ4n) is 7.36. The molecule has 49 heavy (non-hydrogen) atoms. The largest absolute Gasteiger partial charge is 0.455 e. The van der Waals surface area contributed by atoms with Crippen LogP contribution < -0.4 is 4.90 Å². The van der Waals surface area contributed by atoms with E-state index in [0.717, 1.165) is 39.0 Å². The van der Waals surface area contributed by atoms with Crippen LogP contribution in [0.25, 0.3) is 75.1 Å². The van der Waals surface area contributed by atoms with E-state index < -0.39 is 0 Å². The van der Waals surface area contributed by atoms with E-state index in [1.807, 2.05) is 17.4 Å². The highest BCUT2D eigenvalue weighted by Crippen LogP contribution is 2.47. The van der Waals surface area contributed by atoms with Gasteiger partial charge in [-0.05, 0) is 82.1 Å². The maximum atomic E-state index is 6.53. The summed E-state index contributed by atoms with van der Waals surface area (Å²) in [6, 6.07) is 63.1. The molecule has 0 unspecified atom stereocenters. The van der Waals surface area contributed by atoms with Gasteiger partial charge in [-0.1, -0.05) is 121 Å². The summed E-state index contributed by atoms with van der Waals surface area (Å²) in [5.41, 5.74) is 10.1. The topological polar surface area (TPSA) is 16.4 Å². The van der Waals surface area contributed by atoms with Gasteiger partial charge < -0.3 is 9.32 Å². The van der Waals surface area contributed by atoms with E-state index in [1.165, 1.54) is 53.2 Å². The van der Waals surface area contributed by atoms with Crippen LogP contribution in [0.4, 0.5) is 17.1 Å². The molecule has 0 N–H and O–H groups in total. The zero-order valence-corrected chi connectivity index (χ0v) is 27.3. The van der Waals surface area contributed by atoms with Gasteiger partial charge in [-0.3, -0.25) is 0 Å². The third-order valence-corrected chi connectivity index (χ3v) is 10.9. The van der Waals surface area contributed by atoms with Gasteiger partial charge in [-0.15, -0.1) is 11.3 Å². The van der Waals surface area contributed by atoms with Crippen LogP contribution in [0, 0.1) is 0 Å². The third-order valence-electron chi connectivity index (χ3n) is 9.67. The van der Waals surface area contributed by atoms with Gasteiger partial charge in [0, 0.05) is 53.6 Å². The Morgan fingerprint density at radius 1 is 0.429 bits per heavy atom. The van der Waals surface area contributed by atoms with Gasteiger partial charge in [0.2, 0.25) is 0 Å². The van der Waals surface area contributed by atoms with E-state index in [1.54, 1.807) is 0 Å². The van der Waals surface area contributed by atoms with Crippen LogP contribution in [-0.4, -0.2) is 0 Å². The molecule has 0 fully saturated rings. The number of hydrogen-bond acceptors (Lipinski definition) is 3. The Morgan fingerprint density at radius 3 is 1.80 bits per heavy atom. The highest BCUT2D eigenvalue weighted by atomic mass is 32.1. The first-order valence-corrected chi connectivity index (χ1v) is 17.4. The first-order valence-electron chi connectivity index (χ1n) is 16.6. The molecule has 10 aromatic rings. The fourth-order valence-corrected chi connectivity index (χ4v) is 8.60. The van der Waals surface area contributed by atoms with E-state index in [9.17, 15) is 0 Å². The summed E-state index contributed by atoms with van der Waals surface area (Å²) >= 11 is 1.84. The third kappa shape index (κ3) is 4.55. The molecule has 0 aliphatic rings. The quantitative estimate of drug-likeness (QED) is 0.186. The smallest absolute Gasteiger partial charge is 0.144 e. The van der Waals surface area contributed by atoms with Gasteiger partial charge in [0.1, 0.15) is 11.2 Å². The van der Waals surface area contributed by atoms with Gasteiger partial charge in [-0.2, -0.15) is 0 Å². The number of fused-ring (bicyclic) bond motifs is 8. The van der Waals surface area contributed by atoms with Crippen molar-refractivity contribution in [2.75, 3.05) is 4.90 Å². The van der Waals surface area contributed by atoms with Crippen molar-refractivity contribution >= 4 is 81.3 Å². The molecule has 2 nitrogen and oxygen atoms in total. The van der Waals surface area contributed by atoms with Crippen LogP contribution >= 0.6 is 11.3 Å². The maximum absolute atomic E-state index is 6.53. The van der Waals surface area contributed by atoms with Crippen molar-refractivity contribution in [3.63, 3.8) is 0 Å². The minimum absolute atomic E-state index is 0.923. The number of para-hydroxylation sites is 2. The molecule has 0 radical (unpaired) electrons. The lowest BCUT2D eigenvalue weighted by Crippen LogP contribution is -2.09. The molecule has 10 rings (SSSR count). The predicted octanol–water partition coefficient (Wildman–Crippen LogP) is 13.9. The van der Waals surface area contributed by atoms with Crippen LogP contribution in [0.5, 0.6) is 0 Å². The standard InChI is InChI=1S/C46H29NOS/c1-2-13-33(14-3-1)47(34-25-21-31(22-26-34)37-18-10-12-30-11-4-5-15-36(30)37)35-27-23-32(24-28-35)40-29-41-38-16-6-8-19-42(38)48-45(41)44-39-17-7-9-20-43(39)49-46(40)44/h1-29H. The second-order valence-electron chi connectivity index (χ2n) is 12.5. The highest BCUT2D eigenvalue weighted by molar-refractivity contribution is 7.26. The summed E-state index contributed by atoms with van der Waals surface area (Å²) in [7, 11) is 0. The van der Waals surface area contributed by atoms with E-state index >= 15 is 0 Å². The number of thiophene rings is 1. The van der Waals surface area contributed by atoms with Crippen LogP contribution in [0.15, 0.2) is 180 Å². The molecule has 0 aliphatic carbocycles. The monoisotopic (exact) mass is 643 g/mol. The summed E-state index contributed by atoms with van der Waals surface area (Å²) in [6.45, 7) is 0. The second-order valence-corrected chi connectivity index (χ2v) is 13.5. The molecule has 8 aromatic carbocycles. The lowest BCUT2D eigenvalue weighted by molar-refractivity contribution is 0.673. The molecular formula is C46H29NOS. The van der Waals surface area contributed by atoms with Gasteiger partial charge in [0.05, 0.1) is 0 Å². The lowest BCUT2D eigenvalue weighted by atomic mass is 9.97. The van der Waals surface area contributed by atoms with Crippen LogP contribution in [0.2, 0.25) is 0 Å². The van der Waals surface area contributed by atoms with Crippen molar-refractivity contribution in [3.8, 4) is 22.3 Å². The molecule has 0 atom stereocenters. The predicted molar refractivity (Wildman–Crippen MR) is 210 cm³/mol. The molecule has 0 aliphatic heterocycles. The van der Waals surface area contributed by atoms with E-state index in [0.29, 0.717) is 0 Å². The van der Waals surface area contributed by atoms with Gasteiger partial charge in [0.15, 0.2) is 0 Å². The first-order chi connectivity index (χ1) is 24.3. The molecule has 3 heteroatoms. The molecule has 0 saturated heterocycles. The van der Waals surface area contributed by atoms with E-state index in [-0.39, 0.29) is 0 Å². The zero-order chi connectivity index (χ0) is 32.3. The van der Waals surface area contributed by atoms with Crippen LogP contribution in [0.1, 0.15) is 0 Å². The number of nitrogens with zero attached hydrogens (tertiary/aromatic N) is 1. The van der Waals surface area contributed by atoms with Crippen molar-refractivity contribution in [3.05, 3.63) is 176 Å². The molecule has 2 aromatic heterocycles. The Hall–Kier alpha value is -6.16. The highest BCUT2D eigenvalue weighted by Gasteiger charge is 2.20. The van der Waals surface area contributed by atoms with Crippen molar-refractivity contribution < 1.29 is 4.42 Å². The summed E-state index contributed by atoms with van der Waals surface area (Å²) in [5, 5.41) is 7.26. The maximum Gasteiger partial charge on any atom is 0.144 e. The molecular weight excluding hydrogens is 615 g/mol. The average molecular weight is 644 g/mol. The molecule has 2 heterocycles. The minimum Gasteiger partial charge on any atom is -0.455 e. The Balaban J connectivity index is 1.10. The minimum atomic E-state index is 0.923. The van der Waals surface area contributed by atoms with Crippen molar-refractivity contribution in [1.82, 2.24) is 0 Å². The Bertz CT molecular complexity index is 2800. The van der Waals surface area contributed by atoms with Crippen LogP contribution in [-0.2, 0) is 0 Å². The van der Waals surface area contributed by atoms with Gasteiger partial charge >= 0.3 is 0 Å². The van der Waals surface area contributed by atoms with Gasteiger partial charge in [0.25, 0.3) is 0 Å². The van der Waals surface area contributed by atoms with E-state index in [2.05, 4.69) is 175 Å². The van der Waals surface area contributed by atoms with Crippen molar-refractivity contribution in [2.45, 2.75) is 0 Å². The fraction of sp³-hybridized carbons (Fsp3) is 0. The molecule has 0 spiro atoms. The molecule has 0 bridgehead atoms. The Kier molecular flexibility index (Phi) is 6.39. The van der Waals surface area contributed by atoms with Crippen molar-refractivity contribution in [2.24, 2.45) is 0 Å². The zero-order valence-electron chi connectivity index (χ0n) is 26.5. The molecule has 230 valence electrons. The summed E-state index contributed by atoms with van der Waals surface area (Å²) in [4.78, 5) is 2.33. The summed E-state index contributed by atoms with van der Waals surface area (Å²) in [5.74, 6) is 0. The normalized spacial score (nSPS) is 11.7. The Labute approximate surface area is 287 Å². The number of anilines is 3. The first kappa shape index (κ1) is 27.9. The summed E-state index contributed by atoms with van der Waals surface area (Å²) in [6.07, 6.45) is 0. The SMILES string of the molecule is c1ccc(N(c2ccc(-c3cccc4ccccc34)cc2)c2ccc(-c3cc4c5ccccc5oc4c4c3sc3ccccc34)cc2)cc1. The summed E-state index contributed by atoms with van der Waals surface area (Å²) < 4.78 is 9.05. The van der Waals surface area contributed by atoms with E-state index in [4.69, 9.17) is 4.42 Å². The number of hydrogen-bond donors (Lipinski definition) is 0. The van der Waals surface area contributed by atoms with Crippen molar-refractivity contribution in [1.29, 1.82) is 0 Å². The lowest BCUT2D eigenvalue weighted by Gasteiger charge is -2.26.